The molecule has 2 aliphatic heterocycles. The number of halogens is 2. The molecule has 1 atom stereocenters. The van der Waals surface area contributed by atoms with Crippen LogP contribution in [0.15, 0.2) is 6.07 Å². The van der Waals surface area contributed by atoms with E-state index >= 15 is 0 Å². The maximum Gasteiger partial charge on any atom is 0.227 e. The third-order valence-corrected chi connectivity index (χ3v) is 5.14. The number of rotatable bonds is 1. The summed E-state index contributed by atoms with van der Waals surface area (Å²) in [6, 6.07) is 1.69. The zero-order valence-electron chi connectivity index (χ0n) is 13.7. The number of aromatic nitrogens is 1. The van der Waals surface area contributed by atoms with E-state index in [1.165, 1.54) is 6.42 Å². The van der Waals surface area contributed by atoms with Gasteiger partial charge in [-0.1, -0.05) is 23.2 Å². The number of carbonyl (C=O) groups excluding carboxylic acids is 1. The number of ether oxygens (including phenoxy) is 2. The molecule has 2 aliphatic rings. The molecule has 1 fully saturated rings. The number of nitrogens with one attached hydrogen (secondary N) is 2. The van der Waals surface area contributed by atoms with Crippen LogP contribution in [0.1, 0.15) is 30.5 Å². The number of fused-ring (bicyclic) bond motifs is 3. The van der Waals surface area contributed by atoms with Crippen molar-refractivity contribution in [1.29, 1.82) is 0 Å². The lowest BCUT2D eigenvalue weighted by Gasteiger charge is -2.11. The zero-order valence-corrected chi connectivity index (χ0v) is 15.2. The summed E-state index contributed by atoms with van der Waals surface area (Å²) in [6.07, 6.45) is 2.01. The topological polar surface area (TPSA) is 63.4 Å². The monoisotopic (exact) mass is 370 g/mol. The molecule has 5 nitrogen and oxygen atoms in total. The highest BCUT2D eigenvalue weighted by atomic mass is 35.5. The minimum absolute atomic E-state index is 0.0118. The summed E-state index contributed by atoms with van der Waals surface area (Å²) in [6.45, 7) is 4.49. The molecule has 0 aliphatic carbocycles. The van der Waals surface area contributed by atoms with Gasteiger partial charge in [0, 0.05) is 43.3 Å². The molecule has 1 aromatic heterocycles. The molecule has 2 aromatic rings. The van der Waals surface area contributed by atoms with Gasteiger partial charge in [0.2, 0.25) is 5.91 Å². The molecular formula is C17H20Cl2N2O3. The van der Waals surface area contributed by atoms with Gasteiger partial charge in [0.15, 0.2) is 0 Å². The molecule has 24 heavy (non-hydrogen) atoms. The van der Waals surface area contributed by atoms with E-state index in [1.54, 1.807) is 13.2 Å². The van der Waals surface area contributed by atoms with Crippen LogP contribution in [-0.4, -0.2) is 37.8 Å². The summed E-state index contributed by atoms with van der Waals surface area (Å²) in [5.41, 5.74) is 2.70. The van der Waals surface area contributed by atoms with Crippen LogP contribution >= 0.6 is 23.2 Å². The van der Waals surface area contributed by atoms with Gasteiger partial charge in [-0.05, 0) is 18.9 Å². The lowest BCUT2D eigenvalue weighted by atomic mass is 9.96. The van der Waals surface area contributed by atoms with Gasteiger partial charge < -0.3 is 19.8 Å². The van der Waals surface area contributed by atoms with Gasteiger partial charge in [0.25, 0.3) is 0 Å². The molecule has 0 saturated carbocycles. The first kappa shape index (κ1) is 17.4. The maximum atomic E-state index is 12.0. The molecular weight excluding hydrogens is 351 g/mol. The Bertz CT molecular complexity index is 765. The third kappa shape index (κ3) is 3.08. The molecule has 0 radical (unpaired) electrons. The molecule has 0 spiro atoms. The molecule has 7 heteroatoms. The van der Waals surface area contributed by atoms with Gasteiger partial charge in [-0.25, -0.2) is 0 Å². The van der Waals surface area contributed by atoms with Crippen molar-refractivity contribution >= 4 is 40.0 Å². The Morgan fingerprint density at radius 2 is 2.00 bits per heavy atom. The number of amides is 1. The highest BCUT2D eigenvalue weighted by Crippen LogP contribution is 2.43. The van der Waals surface area contributed by atoms with Crippen LogP contribution in [0.25, 0.3) is 10.9 Å². The van der Waals surface area contributed by atoms with E-state index in [-0.39, 0.29) is 11.8 Å². The minimum Gasteiger partial charge on any atom is -0.496 e. The van der Waals surface area contributed by atoms with Gasteiger partial charge >= 0.3 is 0 Å². The lowest BCUT2D eigenvalue weighted by Crippen LogP contribution is -2.26. The molecule has 130 valence electrons. The number of benzene rings is 1. The largest absolute Gasteiger partial charge is 0.496 e. The Kier molecular flexibility index (Phi) is 5.23. The second-order valence-corrected chi connectivity index (χ2v) is 6.66. The number of carbonyl (C=O) groups is 1. The number of hydrogen-bond acceptors (Lipinski definition) is 3. The van der Waals surface area contributed by atoms with E-state index in [4.69, 9.17) is 32.7 Å². The Morgan fingerprint density at radius 3 is 2.58 bits per heavy atom. The van der Waals surface area contributed by atoms with E-state index in [0.29, 0.717) is 22.3 Å². The van der Waals surface area contributed by atoms with Crippen molar-refractivity contribution < 1.29 is 14.3 Å². The molecule has 1 amide bonds. The van der Waals surface area contributed by atoms with E-state index < -0.39 is 0 Å². The van der Waals surface area contributed by atoms with Crippen LogP contribution < -0.4 is 10.1 Å². The first-order chi connectivity index (χ1) is 11.5. The first-order valence-corrected chi connectivity index (χ1v) is 8.72. The molecule has 2 N–H and O–H groups in total. The summed E-state index contributed by atoms with van der Waals surface area (Å²) in [5, 5.41) is 4.64. The van der Waals surface area contributed by atoms with Gasteiger partial charge in [-0.2, -0.15) is 0 Å². The van der Waals surface area contributed by atoms with E-state index in [1.807, 2.05) is 6.92 Å². The van der Waals surface area contributed by atoms with Gasteiger partial charge in [0.1, 0.15) is 5.75 Å². The predicted octanol–water partition coefficient (Wildman–Crippen LogP) is 3.67. The second-order valence-electron chi connectivity index (χ2n) is 5.87. The maximum absolute atomic E-state index is 12.0. The number of H-pyrrole nitrogens is 1. The van der Waals surface area contributed by atoms with Gasteiger partial charge in [0.05, 0.1) is 28.6 Å². The summed E-state index contributed by atoms with van der Waals surface area (Å²) in [4.78, 5) is 15.3. The van der Waals surface area contributed by atoms with Crippen LogP contribution in [0.2, 0.25) is 10.0 Å². The molecule has 1 unspecified atom stereocenters. The van der Waals surface area contributed by atoms with Crippen LogP contribution in [0.4, 0.5) is 0 Å². The smallest absolute Gasteiger partial charge is 0.227 e. The average Bonchev–Trinajstić information content (AvgIpc) is 2.81. The molecule has 0 bridgehead atoms. The van der Waals surface area contributed by atoms with E-state index in [0.717, 1.165) is 41.8 Å². The highest BCUT2D eigenvalue weighted by molar-refractivity contribution is 6.45. The van der Waals surface area contributed by atoms with Crippen molar-refractivity contribution in [3.8, 4) is 5.75 Å². The second kappa shape index (κ2) is 7.21. The van der Waals surface area contributed by atoms with Crippen molar-refractivity contribution in [2.24, 2.45) is 0 Å². The third-order valence-electron chi connectivity index (χ3n) is 4.35. The Balaban J connectivity index is 0.000000370. The number of hydrogen-bond donors (Lipinski definition) is 2. The van der Waals surface area contributed by atoms with E-state index in [2.05, 4.69) is 10.3 Å². The van der Waals surface area contributed by atoms with Crippen molar-refractivity contribution in [2.75, 3.05) is 26.9 Å². The van der Waals surface area contributed by atoms with Crippen LogP contribution in [0.3, 0.4) is 0 Å². The normalized spacial score (nSPS) is 19.5. The van der Waals surface area contributed by atoms with Crippen LogP contribution in [0.5, 0.6) is 5.75 Å². The van der Waals surface area contributed by atoms with Crippen LogP contribution in [0, 0.1) is 0 Å². The Hall–Kier alpha value is -1.43. The first-order valence-electron chi connectivity index (χ1n) is 7.96. The molecule has 1 aromatic carbocycles. The zero-order chi connectivity index (χ0) is 17.3. The Labute approximate surface area is 150 Å². The van der Waals surface area contributed by atoms with Crippen molar-refractivity contribution in [1.82, 2.24) is 10.3 Å². The SMILES string of the molecule is C1COC1.COc1cc(Cl)c(Cl)c2[nH]c3c(c12)C(C)C(=O)NCC3. The predicted molar refractivity (Wildman–Crippen MR) is 95.4 cm³/mol. The summed E-state index contributed by atoms with van der Waals surface area (Å²) in [5.74, 6) is 0.388. The minimum atomic E-state index is -0.257. The fourth-order valence-corrected chi connectivity index (χ4v) is 3.32. The van der Waals surface area contributed by atoms with E-state index in [9.17, 15) is 4.79 Å². The fourth-order valence-electron chi connectivity index (χ4n) is 2.93. The molecule has 1 saturated heterocycles. The number of methoxy groups -OCH3 is 1. The molecule has 3 heterocycles. The summed E-state index contributed by atoms with van der Waals surface area (Å²) >= 11 is 12.4. The van der Waals surface area contributed by atoms with Gasteiger partial charge in [-0.15, -0.1) is 0 Å². The summed E-state index contributed by atoms with van der Waals surface area (Å²) in [7, 11) is 1.58. The highest BCUT2D eigenvalue weighted by Gasteiger charge is 2.28. The van der Waals surface area contributed by atoms with Crippen molar-refractivity contribution in [3.05, 3.63) is 27.4 Å². The van der Waals surface area contributed by atoms with Gasteiger partial charge in [-0.3, -0.25) is 4.79 Å². The Morgan fingerprint density at radius 1 is 1.33 bits per heavy atom. The lowest BCUT2D eigenvalue weighted by molar-refractivity contribution is -0.121. The summed E-state index contributed by atoms with van der Waals surface area (Å²) < 4.78 is 10.1. The quantitative estimate of drug-likeness (QED) is 0.804. The standard InChI is InChI=1S/C14H14Cl2N2O2.C3H6O/c1-6-10-8(3-4-17-14(6)19)18-13-11(10)9(20-2)5-7(15)12(13)16;1-2-4-3-1/h5-6,18H,3-4H2,1-2H3,(H,17,19);1-3H2. The van der Waals surface area contributed by atoms with Crippen LogP contribution in [-0.2, 0) is 16.0 Å². The van der Waals surface area contributed by atoms with Crippen molar-refractivity contribution in [3.63, 3.8) is 0 Å². The van der Waals surface area contributed by atoms with Crippen molar-refractivity contribution in [2.45, 2.75) is 25.7 Å². The number of aromatic amines is 1. The average molecular weight is 371 g/mol. The molecule has 4 rings (SSSR count). The fraction of sp³-hybridized carbons (Fsp3) is 0.471.